The van der Waals surface area contributed by atoms with Crippen molar-refractivity contribution >= 4 is 22.6 Å². The Morgan fingerprint density at radius 1 is 1.33 bits per heavy atom. The number of fused-ring (bicyclic) bond motifs is 1. The Balaban J connectivity index is 2.46. The van der Waals surface area contributed by atoms with Gasteiger partial charge in [-0.2, -0.15) is 0 Å². The molecule has 0 atom stereocenters. The second kappa shape index (κ2) is 6.16. The van der Waals surface area contributed by atoms with Crippen LogP contribution in [0.5, 0.6) is 0 Å². The Labute approximate surface area is 125 Å². The molecular weight excluding hydrogens is 264 g/mol. The number of rotatable bonds is 5. The van der Waals surface area contributed by atoms with E-state index in [0.717, 1.165) is 29.9 Å². The van der Waals surface area contributed by atoms with Crippen LogP contribution in [0.4, 0.5) is 5.69 Å². The van der Waals surface area contributed by atoms with E-state index in [0.29, 0.717) is 12.2 Å². The number of hydrogen-bond donors (Lipinski definition) is 1. The van der Waals surface area contributed by atoms with Crippen molar-refractivity contribution in [2.24, 2.45) is 0 Å². The molecule has 0 saturated heterocycles. The van der Waals surface area contributed by atoms with E-state index in [4.69, 9.17) is 5.73 Å². The van der Waals surface area contributed by atoms with Crippen molar-refractivity contribution < 1.29 is 4.79 Å². The molecule has 1 amide bonds. The molecule has 21 heavy (non-hydrogen) atoms. The van der Waals surface area contributed by atoms with Gasteiger partial charge in [0.25, 0.3) is 0 Å². The Kier molecular flexibility index (Phi) is 4.50. The van der Waals surface area contributed by atoms with Crippen LogP contribution in [0.1, 0.15) is 39.4 Å². The summed E-state index contributed by atoms with van der Waals surface area (Å²) in [7, 11) is 0. The second-order valence-corrected chi connectivity index (χ2v) is 5.53. The highest BCUT2D eigenvalue weighted by atomic mass is 16.2. The van der Waals surface area contributed by atoms with Crippen molar-refractivity contribution in [1.29, 1.82) is 0 Å². The van der Waals surface area contributed by atoms with Crippen LogP contribution in [0, 0.1) is 0 Å². The summed E-state index contributed by atoms with van der Waals surface area (Å²) in [6.45, 7) is 9.95. The Bertz CT molecular complexity index is 641. The fraction of sp³-hybridized carbons (Fsp3) is 0.500. The molecule has 0 unspecified atom stereocenters. The minimum atomic E-state index is 0.123. The zero-order valence-electron chi connectivity index (χ0n) is 13.3. The summed E-state index contributed by atoms with van der Waals surface area (Å²) in [6, 6.07) is 5.66. The Hall–Kier alpha value is -2.04. The van der Waals surface area contributed by atoms with E-state index in [1.165, 1.54) is 0 Å². The maximum absolute atomic E-state index is 12.4. The second-order valence-electron chi connectivity index (χ2n) is 5.53. The van der Waals surface area contributed by atoms with Crippen LogP contribution in [-0.2, 0) is 11.3 Å². The van der Waals surface area contributed by atoms with Crippen LogP contribution in [0.25, 0.3) is 11.0 Å². The summed E-state index contributed by atoms with van der Waals surface area (Å²) in [5, 5.41) is 0. The molecule has 1 aromatic carbocycles. The molecule has 2 aromatic rings. The molecule has 2 rings (SSSR count). The third-order valence-electron chi connectivity index (χ3n) is 3.73. The standard InChI is InChI=1S/C16H24N4O/c1-5-19(6-2)15(21)10-20-14-8-7-12(17)9-13(14)18-16(20)11(3)4/h7-9,11H,5-6,10,17H2,1-4H3. The molecule has 0 fully saturated rings. The number of nitrogen functional groups attached to an aromatic ring is 1. The smallest absolute Gasteiger partial charge is 0.242 e. The van der Waals surface area contributed by atoms with Gasteiger partial charge in [-0.05, 0) is 32.0 Å². The summed E-state index contributed by atoms with van der Waals surface area (Å²) in [5.41, 5.74) is 8.34. The van der Waals surface area contributed by atoms with Gasteiger partial charge >= 0.3 is 0 Å². The number of carbonyl (C=O) groups excluding carboxylic acids is 1. The van der Waals surface area contributed by atoms with Gasteiger partial charge in [0.1, 0.15) is 12.4 Å². The molecule has 5 heteroatoms. The third kappa shape index (κ3) is 3.01. The topological polar surface area (TPSA) is 64.2 Å². The lowest BCUT2D eigenvalue weighted by Gasteiger charge is -2.20. The first-order chi connectivity index (χ1) is 9.97. The summed E-state index contributed by atoms with van der Waals surface area (Å²) >= 11 is 0. The van der Waals surface area contributed by atoms with Gasteiger partial charge in [0.05, 0.1) is 11.0 Å². The summed E-state index contributed by atoms with van der Waals surface area (Å²) in [4.78, 5) is 18.9. The fourth-order valence-corrected chi connectivity index (χ4v) is 2.58. The quantitative estimate of drug-likeness (QED) is 0.860. The van der Waals surface area contributed by atoms with Gasteiger partial charge in [-0.15, -0.1) is 0 Å². The van der Waals surface area contributed by atoms with Crippen LogP contribution in [-0.4, -0.2) is 33.4 Å². The highest BCUT2D eigenvalue weighted by molar-refractivity contribution is 5.83. The molecule has 0 saturated carbocycles. The number of hydrogen-bond acceptors (Lipinski definition) is 3. The first-order valence-electron chi connectivity index (χ1n) is 7.51. The van der Waals surface area contributed by atoms with E-state index in [-0.39, 0.29) is 11.8 Å². The molecule has 0 radical (unpaired) electrons. The largest absolute Gasteiger partial charge is 0.399 e. The molecule has 114 valence electrons. The van der Waals surface area contributed by atoms with Crippen LogP contribution in [0.2, 0.25) is 0 Å². The number of carbonyl (C=O) groups is 1. The first kappa shape index (κ1) is 15.4. The van der Waals surface area contributed by atoms with Gasteiger partial charge in [-0.3, -0.25) is 4.79 Å². The van der Waals surface area contributed by atoms with Crippen LogP contribution in [0.3, 0.4) is 0 Å². The van der Waals surface area contributed by atoms with Gasteiger partial charge < -0.3 is 15.2 Å². The molecule has 1 aromatic heterocycles. The molecule has 0 spiro atoms. The predicted molar refractivity (Wildman–Crippen MR) is 86.2 cm³/mol. The van der Waals surface area contributed by atoms with E-state index in [2.05, 4.69) is 18.8 Å². The summed E-state index contributed by atoms with van der Waals surface area (Å²) in [6.07, 6.45) is 0. The number of amides is 1. The van der Waals surface area contributed by atoms with Crippen molar-refractivity contribution in [2.75, 3.05) is 18.8 Å². The highest BCUT2D eigenvalue weighted by Gasteiger charge is 2.18. The zero-order chi connectivity index (χ0) is 15.6. The lowest BCUT2D eigenvalue weighted by molar-refractivity contribution is -0.131. The SMILES string of the molecule is CCN(CC)C(=O)Cn1c(C(C)C)nc2cc(N)ccc21. The van der Waals surface area contributed by atoms with Gasteiger partial charge in [0.2, 0.25) is 5.91 Å². The monoisotopic (exact) mass is 288 g/mol. The van der Waals surface area contributed by atoms with Crippen molar-refractivity contribution in [3.63, 3.8) is 0 Å². The molecule has 0 aliphatic rings. The maximum Gasteiger partial charge on any atom is 0.242 e. The van der Waals surface area contributed by atoms with Crippen LogP contribution in [0.15, 0.2) is 18.2 Å². The number of imidazole rings is 1. The normalized spacial score (nSPS) is 11.3. The predicted octanol–water partition coefficient (Wildman–Crippen LogP) is 2.61. The zero-order valence-corrected chi connectivity index (χ0v) is 13.3. The number of nitrogens with two attached hydrogens (primary N) is 1. The molecule has 0 aliphatic heterocycles. The molecule has 2 N–H and O–H groups in total. The summed E-state index contributed by atoms with van der Waals surface area (Å²) in [5.74, 6) is 1.30. The minimum Gasteiger partial charge on any atom is -0.399 e. The van der Waals surface area contributed by atoms with E-state index in [9.17, 15) is 4.79 Å². The molecule has 0 aliphatic carbocycles. The number of anilines is 1. The van der Waals surface area contributed by atoms with Crippen molar-refractivity contribution in [2.45, 2.75) is 40.2 Å². The number of nitrogens with zero attached hydrogens (tertiary/aromatic N) is 3. The minimum absolute atomic E-state index is 0.123. The van der Waals surface area contributed by atoms with Crippen molar-refractivity contribution in [3.05, 3.63) is 24.0 Å². The highest BCUT2D eigenvalue weighted by Crippen LogP contribution is 2.23. The average Bonchev–Trinajstić information content (AvgIpc) is 2.78. The van der Waals surface area contributed by atoms with E-state index < -0.39 is 0 Å². The average molecular weight is 288 g/mol. The number of aromatic nitrogens is 2. The van der Waals surface area contributed by atoms with Crippen molar-refractivity contribution in [1.82, 2.24) is 14.5 Å². The summed E-state index contributed by atoms with van der Waals surface area (Å²) < 4.78 is 2.01. The first-order valence-corrected chi connectivity index (χ1v) is 7.51. The van der Waals surface area contributed by atoms with Crippen molar-refractivity contribution in [3.8, 4) is 0 Å². The Morgan fingerprint density at radius 3 is 2.57 bits per heavy atom. The van der Waals surface area contributed by atoms with E-state index in [1.54, 1.807) is 0 Å². The molecule has 5 nitrogen and oxygen atoms in total. The maximum atomic E-state index is 12.4. The molecular formula is C16H24N4O. The molecule has 0 bridgehead atoms. The van der Waals surface area contributed by atoms with Crippen LogP contribution >= 0.6 is 0 Å². The van der Waals surface area contributed by atoms with Gasteiger partial charge in [-0.1, -0.05) is 13.8 Å². The van der Waals surface area contributed by atoms with Crippen LogP contribution < -0.4 is 5.73 Å². The van der Waals surface area contributed by atoms with Gasteiger partial charge in [0.15, 0.2) is 0 Å². The lowest BCUT2D eigenvalue weighted by Crippen LogP contribution is -2.33. The lowest BCUT2D eigenvalue weighted by atomic mass is 10.2. The van der Waals surface area contributed by atoms with E-state index >= 15 is 0 Å². The fourth-order valence-electron chi connectivity index (χ4n) is 2.58. The number of likely N-dealkylation sites (N-methyl/N-ethyl adjacent to an activating group) is 1. The Morgan fingerprint density at radius 2 is 2.00 bits per heavy atom. The van der Waals surface area contributed by atoms with Gasteiger partial charge in [0, 0.05) is 24.7 Å². The number of benzene rings is 1. The van der Waals surface area contributed by atoms with E-state index in [1.807, 2.05) is 41.5 Å². The van der Waals surface area contributed by atoms with Gasteiger partial charge in [-0.25, -0.2) is 4.98 Å². The molecule has 1 heterocycles. The third-order valence-corrected chi connectivity index (χ3v) is 3.73.